The largest absolute Gasteiger partial charge is 0.335 e. The Bertz CT molecular complexity index is 572. The predicted octanol–water partition coefficient (Wildman–Crippen LogP) is 1.94. The van der Waals surface area contributed by atoms with Gasteiger partial charge in [0.05, 0.1) is 0 Å². The Labute approximate surface area is 119 Å². The van der Waals surface area contributed by atoms with Crippen molar-refractivity contribution < 1.29 is 0 Å². The standard InChI is InChI=1S/C16H18N4/c1-2-5-13(6-3-1)10-19-11-15-9-14(19)12-20(15)16-17-7-4-8-18-16/h1-8,14-15H,9-12H2. The fourth-order valence-electron chi connectivity index (χ4n) is 3.45. The molecule has 0 spiro atoms. The summed E-state index contributed by atoms with van der Waals surface area (Å²) in [6.45, 7) is 3.24. The Morgan fingerprint density at radius 1 is 0.950 bits per heavy atom. The zero-order chi connectivity index (χ0) is 13.4. The van der Waals surface area contributed by atoms with Crippen molar-refractivity contribution >= 4 is 5.95 Å². The van der Waals surface area contributed by atoms with E-state index in [1.165, 1.54) is 12.0 Å². The SMILES string of the molecule is c1ccc(CN2CC3CC2CN3c2ncccn2)cc1. The van der Waals surface area contributed by atoms with Crippen LogP contribution in [0.5, 0.6) is 0 Å². The normalized spacial score (nSPS) is 25.3. The topological polar surface area (TPSA) is 32.3 Å². The first-order valence-electron chi connectivity index (χ1n) is 7.22. The molecule has 2 saturated heterocycles. The van der Waals surface area contributed by atoms with Gasteiger partial charge in [-0.15, -0.1) is 0 Å². The molecule has 0 N–H and O–H groups in total. The van der Waals surface area contributed by atoms with Crippen molar-refractivity contribution in [3.8, 4) is 0 Å². The van der Waals surface area contributed by atoms with Crippen LogP contribution in [-0.2, 0) is 6.54 Å². The number of nitrogens with zero attached hydrogens (tertiary/aromatic N) is 4. The van der Waals surface area contributed by atoms with E-state index in [9.17, 15) is 0 Å². The van der Waals surface area contributed by atoms with Crippen LogP contribution < -0.4 is 4.90 Å². The van der Waals surface area contributed by atoms with Crippen LogP contribution in [0.2, 0.25) is 0 Å². The van der Waals surface area contributed by atoms with E-state index in [1.807, 2.05) is 18.5 Å². The first-order chi connectivity index (χ1) is 9.90. The van der Waals surface area contributed by atoms with Gasteiger partial charge >= 0.3 is 0 Å². The van der Waals surface area contributed by atoms with Crippen molar-refractivity contribution in [2.24, 2.45) is 0 Å². The molecule has 1 aromatic carbocycles. The molecule has 1 aromatic heterocycles. The number of hydrogen-bond donors (Lipinski definition) is 0. The van der Waals surface area contributed by atoms with Crippen LogP contribution in [0.4, 0.5) is 5.95 Å². The maximum absolute atomic E-state index is 4.38. The summed E-state index contributed by atoms with van der Waals surface area (Å²) in [7, 11) is 0. The van der Waals surface area contributed by atoms with Crippen LogP contribution in [0.25, 0.3) is 0 Å². The number of anilines is 1. The lowest BCUT2D eigenvalue weighted by atomic mass is 10.2. The van der Waals surface area contributed by atoms with Gasteiger partial charge < -0.3 is 4.90 Å². The summed E-state index contributed by atoms with van der Waals surface area (Å²) < 4.78 is 0. The molecular formula is C16H18N4. The van der Waals surface area contributed by atoms with Crippen LogP contribution in [-0.4, -0.2) is 40.0 Å². The first-order valence-corrected chi connectivity index (χ1v) is 7.22. The maximum Gasteiger partial charge on any atom is 0.225 e. The molecule has 2 aromatic rings. The van der Waals surface area contributed by atoms with Gasteiger partial charge in [0.2, 0.25) is 5.95 Å². The maximum atomic E-state index is 4.38. The molecule has 4 heteroatoms. The minimum atomic E-state index is 0.575. The number of aromatic nitrogens is 2. The van der Waals surface area contributed by atoms with Crippen molar-refractivity contribution in [2.75, 3.05) is 18.0 Å². The van der Waals surface area contributed by atoms with E-state index in [1.54, 1.807) is 0 Å². The van der Waals surface area contributed by atoms with E-state index in [2.05, 4.69) is 50.1 Å². The molecule has 0 amide bonds. The summed E-state index contributed by atoms with van der Waals surface area (Å²) >= 11 is 0. The predicted molar refractivity (Wildman–Crippen MR) is 78.4 cm³/mol. The highest BCUT2D eigenvalue weighted by Crippen LogP contribution is 2.33. The van der Waals surface area contributed by atoms with Crippen molar-refractivity contribution in [3.63, 3.8) is 0 Å². The smallest absolute Gasteiger partial charge is 0.225 e. The Hall–Kier alpha value is -1.94. The molecule has 20 heavy (non-hydrogen) atoms. The van der Waals surface area contributed by atoms with E-state index in [-0.39, 0.29) is 0 Å². The Morgan fingerprint density at radius 3 is 2.45 bits per heavy atom. The van der Waals surface area contributed by atoms with Crippen molar-refractivity contribution in [1.82, 2.24) is 14.9 Å². The van der Waals surface area contributed by atoms with Gasteiger partial charge in [-0.2, -0.15) is 0 Å². The third kappa shape index (κ3) is 2.06. The molecule has 2 bridgehead atoms. The van der Waals surface area contributed by atoms with Crippen LogP contribution >= 0.6 is 0 Å². The molecule has 2 atom stereocenters. The summed E-state index contributed by atoms with van der Waals surface area (Å²) in [5.74, 6) is 0.888. The summed E-state index contributed by atoms with van der Waals surface area (Å²) in [5, 5.41) is 0. The molecule has 4 nitrogen and oxygen atoms in total. The lowest BCUT2D eigenvalue weighted by molar-refractivity contribution is 0.229. The third-order valence-corrected chi connectivity index (χ3v) is 4.39. The van der Waals surface area contributed by atoms with Crippen LogP contribution in [0.1, 0.15) is 12.0 Å². The number of rotatable bonds is 3. The molecule has 3 heterocycles. The van der Waals surface area contributed by atoms with E-state index in [4.69, 9.17) is 0 Å². The lowest BCUT2D eigenvalue weighted by Crippen LogP contribution is -2.46. The van der Waals surface area contributed by atoms with Crippen molar-refractivity contribution in [1.29, 1.82) is 0 Å². The molecule has 2 unspecified atom stereocenters. The highest BCUT2D eigenvalue weighted by atomic mass is 15.4. The minimum absolute atomic E-state index is 0.575. The Morgan fingerprint density at radius 2 is 1.75 bits per heavy atom. The van der Waals surface area contributed by atoms with E-state index in [0.29, 0.717) is 12.1 Å². The van der Waals surface area contributed by atoms with Gasteiger partial charge in [0.15, 0.2) is 0 Å². The van der Waals surface area contributed by atoms with E-state index in [0.717, 1.165) is 25.6 Å². The van der Waals surface area contributed by atoms with Gasteiger partial charge in [-0.3, -0.25) is 4.90 Å². The second kappa shape index (κ2) is 4.87. The zero-order valence-corrected chi connectivity index (χ0v) is 11.4. The third-order valence-electron chi connectivity index (χ3n) is 4.39. The Balaban J connectivity index is 1.45. The lowest BCUT2D eigenvalue weighted by Gasteiger charge is -2.34. The highest BCUT2D eigenvalue weighted by molar-refractivity contribution is 5.36. The molecule has 102 valence electrons. The van der Waals surface area contributed by atoms with Gasteiger partial charge in [0.25, 0.3) is 0 Å². The van der Waals surface area contributed by atoms with Crippen LogP contribution in [0.15, 0.2) is 48.8 Å². The molecule has 0 saturated carbocycles. The number of fused-ring (bicyclic) bond motifs is 2. The second-order valence-corrected chi connectivity index (χ2v) is 5.66. The van der Waals surface area contributed by atoms with E-state index >= 15 is 0 Å². The summed E-state index contributed by atoms with van der Waals surface area (Å²) in [5.41, 5.74) is 1.41. The number of piperazine rings is 1. The summed E-state index contributed by atoms with van der Waals surface area (Å²) in [6.07, 6.45) is 4.90. The van der Waals surface area contributed by atoms with E-state index < -0.39 is 0 Å². The number of likely N-dealkylation sites (tertiary alicyclic amines) is 1. The van der Waals surface area contributed by atoms with Crippen molar-refractivity contribution in [3.05, 3.63) is 54.4 Å². The van der Waals surface area contributed by atoms with Gasteiger partial charge in [0, 0.05) is 44.1 Å². The molecule has 0 aliphatic carbocycles. The molecule has 4 rings (SSSR count). The zero-order valence-electron chi connectivity index (χ0n) is 11.4. The Kier molecular flexibility index (Phi) is 2.89. The second-order valence-electron chi connectivity index (χ2n) is 5.66. The number of hydrogen-bond acceptors (Lipinski definition) is 4. The highest BCUT2D eigenvalue weighted by Gasteiger charge is 2.43. The summed E-state index contributed by atoms with van der Waals surface area (Å²) in [4.78, 5) is 13.7. The van der Waals surface area contributed by atoms with Crippen LogP contribution in [0.3, 0.4) is 0 Å². The minimum Gasteiger partial charge on any atom is -0.335 e. The van der Waals surface area contributed by atoms with Gasteiger partial charge in [0.1, 0.15) is 0 Å². The number of benzene rings is 1. The first kappa shape index (κ1) is 11.9. The van der Waals surface area contributed by atoms with Gasteiger partial charge in [-0.05, 0) is 18.1 Å². The molecule has 2 aliphatic heterocycles. The molecular weight excluding hydrogens is 248 g/mol. The molecule has 0 radical (unpaired) electrons. The van der Waals surface area contributed by atoms with Crippen LogP contribution in [0, 0.1) is 0 Å². The molecule has 2 fully saturated rings. The average molecular weight is 266 g/mol. The quantitative estimate of drug-likeness (QED) is 0.850. The average Bonchev–Trinajstić information content (AvgIpc) is 3.09. The monoisotopic (exact) mass is 266 g/mol. The fourth-order valence-corrected chi connectivity index (χ4v) is 3.45. The molecule has 2 aliphatic rings. The fraction of sp³-hybridized carbons (Fsp3) is 0.375. The van der Waals surface area contributed by atoms with Gasteiger partial charge in [-0.25, -0.2) is 9.97 Å². The summed E-state index contributed by atoms with van der Waals surface area (Å²) in [6, 6.07) is 13.8. The van der Waals surface area contributed by atoms with Crippen molar-refractivity contribution in [2.45, 2.75) is 25.0 Å². The van der Waals surface area contributed by atoms with Gasteiger partial charge in [-0.1, -0.05) is 30.3 Å².